The van der Waals surface area contributed by atoms with Gasteiger partial charge >= 0.3 is 0 Å². The SMILES string of the molecule is Cc1cc2ncc(C(=O)N(C)[C@H]3C[C@H]4CC(=O)N(C)C[C@H]4C3)c(=O)n2[nH]1. The lowest BCUT2D eigenvalue weighted by Crippen LogP contribution is -2.40. The normalized spacial score (nSPS) is 25.6. The van der Waals surface area contributed by atoms with Crippen molar-refractivity contribution < 1.29 is 9.59 Å². The molecule has 8 nitrogen and oxygen atoms in total. The maximum atomic E-state index is 12.9. The van der Waals surface area contributed by atoms with Crippen molar-refractivity contribution in [1.29, 1.82) is 0 Å². The number of amides is 2. The zero-order chi connectivity index (χ0) is 18.6. The molecule has 2 amide bonds. The number of aryl methyl sites for hydroxylation is 1. The standard InChI is InChI=1S/C18H23N5O3/c1-10-4-15-19-8-14(18(26)23(15)20-10)17(25)22(3)13-5-11-7-16(24)21(2)9-12(11)6-13/h4,8,11-13,20H,5-7,9H2,1-3H3/t11-,12+,13-/m0/s1. The number of carbonyl (C=O) groups is 2. The minimum atomic E-state index is -0.384. The number of fused-ring (bicyclic) bond motifs is 2. The minimum absolute atomic E-state index is 0.0438. The van der Waals surface area contributed by atoms with Crippen LogP contribution < -0.4 is 5.56 Å². The number of aromatic nitrogens is 3. The molecule has 2 fully saturated rings. The summed E-state index contributed by atoms with van der Waals surface area (Å²) in [5.41, 5.74) is 0.988. The van der Waals surface area contributed by atoms with Gasteiger partial charge in [-0.15, -0.1) is 0 Å². The molecule has 1 aliphatic carbocycles. The average Bonchev–Trinajstić information content (AvgIpc) is 3.17. The molecule has 1 N–H and O–H groups in total. The van der Waals surface area contributed by atoms with E-state index in [1.54, 1.807) is 22.9 Å². The van der Waals surface area contributed by atoms with Gasteiger partial charge in [0.15, 0.2) is 5.65 Å². The third-order valence-electron chi connectivity index (χ3n) is 5.91. The number of piperidine rings is 1. The van der Waals surface area contributed by atoms with E-state index in [1.165, 1.54) is 10.7 Å². The Labute approximate surface area is 150 Å². The quantitative estimate of drug-likeness (QED) is 0.855. The zero-order valence-electron chi connectivity index (χ0n) is 15.2. The topological polar surface area (TPSA) is 90.8 Å². The van der Waals surface area contributed by atoms with E-state index >= 15 is 0 Å². The highest BCUT2D eigenvalue weighted by atomic mass is 16.2. The molecule has 0 radical (unpaired) electrons. The van der Waals surface area contributed by atoms with E-state index in [0.29, 0.717) is 23.9 Å². The summed E-state index contributed by atoms with van der Waals surface area (Å²) in [5, 5.41) is 2.91. The van der Waals surface area contributed by atoms with Crippen LogP contribution in [0.2, 0.25) is 0 Å². The van der Waals surface area contributed by atoms with Crippen molar-refractivity contribution in [1.82, 2.24) is 24.4 Å². The van der Waals surface area contributed by atoms with Crippen LogP contribution in [0, 0.1) is 18.8 Å². The molecule has 1 saturated heterocycles. The number of hydrogen-bond donors (Lipinski definition) is 1. The lowest BCUT2D eigenvalue weighted by molar-refractivity contribution is -0.134. The monoisotopic (exact) mass is 357 g/mol. The summed E-state index contributed by atoms with van der Waals surface area (Å²) in [6, 6.07) is 1.80. The molecule has 8 heteroatoms. The molecule has 1 saturated carbocycles. The van der Waals surface area contributed by atoms with Crippen LogP contribution in [0.3, 0.4) is 0 Å². The van der Waals surface area contributed by atoms with Crippen LogP contribution in [0.4, 0.5) is 0 Å². The molecule has 0 bridgehead atoms. The van der Waals surface area contributed by atoms with Gasteiger partial charge in [0.25, 0.3) is 11.5 Å². The largest absolute Gasteiger partial charge is 0.345 e. The van der Waals surface area contributed by atoms with Crippen LogP contribution >= 0.6 is 0 Å². The molecule has 1 aliphatic heterocycles. The van der Waals surface area contributed by atoms with Gasteiger partial charge < -0.3 is 9.80 Å². The lowest BCUT2D eigenvalue weighted by Gasteiger charge is -2.31. The van der Waals surface area contributed by atoms with Crippen molar-refractivity contribution in [2.75, 3.05) is 20.6 Å². The van der Waals surface area contributed by atoms with E-state index in [9.17, 15) is 14.4 Å². The van der Waals surface area contributed by atoms with Gasteiger partial charge in [-0.25, -0.2) is 9.50 Å². The van der Waals surface area contributed by atoms with Gasteiger partial charge in [0.05, 0.1) is 0 Å². The van der Waals surface area contributed by atoms with Crippen LogP contribution in [0.15, 0.2) is 17.1 Å². The van der Waals surface area contributed by atoms with Crippen molar-refractivity contribution in [3.63, 3.8) is 0 Å². The molecule has 2 aliphatic rings. The van der Waals surface area contributed by atoms with Crippen molar-refractivity contribution in [2.24, 2.45) is 11.8 Å². The molecule has 0 unspecified atom stereocenters. The lowest BCUT2D eigenvalue weighted by atomic mass is 9.88. The van der Waals surface area contributed by atoms with E-state index in [4.69, 9.17) is 0 Å². The molecule has 2 aromatic heterocycles. The second-order valence-electron chi connectivity index (χ2n) is 7.65. The Kier molecular flexibility index (Phi) is 3.86. The van der Waals surface area contributed by atoms with Gasteiger partial charge in [-0.05, 0) is 31.6 Å². The molecule has 3 heterocycles. The maximum absolute atomic E-state index is 12.9. The fraction of sp³-hybridized carbons (Fsp3) is 0.556. The first-order valence-corrected chi connectivity index (χ1v) is 8.93. The summed E-state index contributed by atoms with van der Waals surface area (Å²) in [6.45, 7) is 2.58. The Balaban J connectivity index is 1.56. The number of carbonyl (C=O) groups excluding carboxylic acids is 2. The van der Waals surface area contributed by atoms with Crippen LogP contribution in [0.1, 0.15) is 35.3 Å². The van der Waals surface area contributed by atoms with Crippen molar-refractivity contribution >= 4 is 17.5 Å². The first-order valence-electron chi connectivity index (χ1n) is 8.93. The highest BCUT2D eigenvalue weighted by Gasteiger charge is 2.42. The van der Waals surface area contributed by atoms with Gasteiger partial charge in [-0.3, -0.25) is 19.5 Å². The molecular weight excluding hydrogens is 334 g/mol. The highest BCUT2D eigenvalue weighted by molar-refractivity contribution is 5.93. The van der Waals surface area contributed by atoms with Gasteiger partial charge in [0.2, 0.25) is 5.91 Å². The molecule has 4 rings (SSSR count). The molecular formula is C18H23N5O3. The molecule has 138 valence electrons. The van der Waals surface area contributed by atoms with Crippen molar-refractivity contribution in [3.05, 3.63) is 33.9 Å². The number of likely N-dealkylation sites (tertiary alicyclic amines) is 1. The molecule has 2 aromatic rings. The summed E-state index contributed by atoms with van der Waals surface area (Å²) in [4.78, 5) is 45.1. The van der Waals surface area contributed by atoms with Gasteiger partial charge in [0, 0.05) is 51.1 Å². The number of nitrogens with zero attached hydrogens (tertiary/aromatic N) is 4. The highest BCUT2D eigenvalue weighted by Crippen LogP contribution is 2.40. The molecule has 26 heavy (non-hydrogen) atoms. The van der Waals surface area contributed by atoms with Crippen molar-refractivity contribution in [2.45, 2.75) is 32.2 Å². The Morgan fingerprint density at radius 1 is 1.31 bits per heavy atom. The second-order valence-corrected chi connectivity index (χ2v) is 7.65. The van der Waals surface area contributed by atoms with Crippen LogP contribution in [0.5, 0.6) is 0 Å². The zero-order valence-corrected chi connectivity index (χ0v) is 15.2. The second kappa shape index (κ2) is 5.96. The summed E-state index contributed by atoms with van der Waals surface area (Å²) in [7, 11) is 3.57. The molecule has 0 aromatic carbocycles. The van der Waals surface area contributed by atoms with Crippen LogP contribution in [-0.2, 0) is 4.79 Å². The number of hydrogen-bond acceptors (Lipinski definition) is 4. The van der Waals surface area contributed by atoms with E-state index in [1.807, 2.05) is 14.0 Å². The van der Waals surface area contributed by atoms with Crippen LogP contribution in [0.25, 0.3) is 5.65 Å². The Bertz CT molecular complexity index is 946. The summed E-state index contributed by atoms with van der Waals surface area (Å²) >= 11 is 0. The number of aromatic amines is 1. The van der Waals surface area contributed by atoms with Crippen LogP contribution in [-0.4, -0.2) is 62.9 Å². The Morgan fingerprint density at radius 2 is 2.04 bits per heavy atom. The van der Waals surface area contributed by atoms with Gasteiger partial charge in [-0.1, -0.05) is 0 Å². The summed E-state index contributed by atoms with van der Waals surface area (Å²) < 4.78 is 1.30. The molecule has 3 atom stereocenters. The first-order chi connectivity index (χ1) is 12.3. The predicted molar refractivity (Wildman–Crippen MR) is 94.9 cm³/mol. The van der Waals surface area contributed by atoms with Gasteiger partial charge in [0.1, 0.15) is 5.56 Å². The Hall–Kier alpha value is -2.64. The van der Waals surface area contributed by atoms with Crippen molar-refractivity contribution in [3.8, 4) is 0 Å². The summed E-state index contributed by atoms with van der Waals surface area (Å²) in [5.74, 6) is 0.612. The van der Waals surface area contributed by atoms with E-state index in [2.05, 4.69) is 10.1 Å². The molecule has 0 spiro atoms. The smallest absolute Gasteiger partial charge is 0.285 e. The Morgan fingerprint density at radius 3 is 2.81 bits per heavy atom. The average molecular weight is 357 g/mol. The van der Waals surface area contributed by atoms with Gasteiger partial charge in [-0.2, -0.15) is 0 Å². The summed E-state index contributed by atoms with van der Waals surface area (Å²) in [6.07, 6.45) is 3.59. The fourth-order valence-corrected chi connectivity index (χ4v) is 4.39. The van der Waals surface area contributed by atoms with E-state index in [0.717, 1.165) is 25.1 Å². The van der Waals surface area contributed by atoms with E-state index < -0.39 is 0 Å². The van der Waals surface area contributed by atoms with E-state index in [-0.39, 0.29) is 29.0 Å². The maximum Gasteiger partial charge on any atom is 0.285 e. The number of nitrogens with one attached hydrogen (secondary N) is 1. The third-order valence-corrected chi connectivity index (χ3v) is 5.91. The predicted octanol–water partition coefficient (Wildman–Crippen LogP) is 0.660. The third kappa shape index (κ3) is 2.60. The minimum Gasteiger partial charge on any atom is -0.345 e. The number of H-pyrrole nitrogens is 1. The first kappa shape index (κ1) is 16.8. The number of rotatable bonds is 2. The fourth-order valence-electron chi connectivity index (χ4n) is 4.39.